The summed E-state index contributed by atoms with van der Waals surface area (Å²) in [4.78, 5) is 0. The third-order valence-electron chi connectivity index (χ3n) is 3.59. The van der Waals surface area contributed by atoms with E-state index in [1.165, 1.54) is 18.2 Å². The van der Waals surface area contributed by atoms with Crippen LogP contribution < -0.4 is 0 Å². The van der Waals surface area contributed by atoms with Crippen molar-refractivity contribution in [3.05, 3.63) is 77.9 Å². The third-order valence-corrected chi connectivity index (χ3v) is 3.59. The number of halogens is 4. The predicted octanol–water partition coefficient (Wildman–Crippen LogP) is 5.66. The Labute approximate surface area is 127 Å². The number of hydrogen-bond acceptors (Lipinski definition) is 0. The van der Waals surface area contributed by atoms with Gasteiger partial charge in [-0.1, -0.05) is 49.1 Å². The zero-order valence-electron chi connectivity index (χ0n) is 11.9. The van der Waals surface area contributed by atoms with Crippen molar-refractivity contribution in [3.63, 3.8) is 0 Å². The van der Waals surface area contributed by atoms with Gasteiger partial charge in [0.2, 0.25) is 6.43 Å². The molecule has 0 spiro atoms. The van der Waals surface area contributed by atoms with Crippen LogP contribution in [0.2, 0.25) is 0 Å². The van der Waals surface area contributed by atoms with E-state index in [2.05, 4.69) is 6.58 Å². The fourth-order valence-electron chi connectivity index (χ4n) is 2.27. The van der Waals surface area contributed by atoms with E-state index in [9.17, 15) is 17.6 Å². The lowest BCUT2D eigenvalue weighted by molar-refractivity contribution is 0.120. The lowest BCUT2D eigenvalue weighted by Crippen LogP contribution is -1.96. The van der Waals surface area contributed by atoms with E-state index in [1.807, 2.05) is 0 Å². The van der Waals surface area contributed by atoms with Crippen molar-refractivity contribution in [2.45, 2.75) is 18.8 Å². The van der Waals surface area contributed by atoms with E-state index in [4.69, 9.17) is 0 Å². The van der Waals surface area contributed by atoms with Crippen molar-refractivity contribution >= 4 is 6.08 Å². The topological polar surface area (TPSA) is 0 Å². The van der Waals surface area contributed by atoms with E-state index >= 15 is 0 Å². The van der Waals surface area contributed by atoms with Crippen molar-refractivity contribution in [2.24, 2.45) is 5.92 Å². The van der Waals surface area contributed by atoms with E-state index < -0.39 is 12.3 Å². The molecule has 1 aliphatic rings. The van der Waals surface area contributed by atoms with Crippen molar-refractivity contribution in [3.8, 4) is 0 Å². The number of benzene rings is 2. The highest BCUT2D eigenvalue weighted by Gasteiger charge is 2.45. The van der Waals surface area contributed by atoms with E-state index in [0.29, 0.717) is 17.5 Å². The van der Waals surface area contributed by atoms with Gasteiger partial charge in [-0.05, 0) is 30.0 Å². The van der Waals surface area contributed by atoms with Gasteiger partial charge in [0.15, 0.2) is 0 Å². The van der Waals surface area contributed by atoms with E-state index in [0.717, 1.165) is 0 Å². The lowest BCUT2D eigenvalue weighted by atomic mass is 10.1. The Balaban J connectivity index is 0.000000172. The minimum Gasteiger partial charge on any atom is -0.210 e. The van der Waals surface area contributed by atoms with Crippen molar-refractivity contribution in [2.75, 3.05) is 0 Å². The second-order valence-electron chi connectivity index (χ2n) is 5.09. The van der Waals surface area contributed by atoms with Crippen LogP contribution >= 0.6 is 0 Å². The molecule has 0 aliphatic heterocycles. The fraction of sp³-hybridized carbons (Fsp3) is 0.222. The highest BCUT2D eigenvalue weighted by Crippen LogP contribution is 2.51. The average Bonchev–Trinajstić information content (AvgIpc) is 3.29. The molecule has 2 aromatic carbocycles. The molecule has 0 heterocycles. The van der Waals surface area contributed by atoms with Crippen LogP contribution in [-0.4, -0.2) is 6.43 Å². The smallest absolute Gasteiger partial charge is 0.210 e. The summed E-state index contributed by atoms with van der Waals surface area (Å²) in [7, 11) is 0. The minimum atomic E-state index is -2.32. The van der Waals surface area contributed by atoms with Gasteiger partial charge in [-0.15, -0.1) is 0 Å². The number of hydrogen-bond donors (Lipinski definition) is 0. The molecule has 0 N–H and O–H groups in total. The Morgan fingerprint density at radius 1 is 0.955 bits per heavy atom. The molecule has 2 atom stereocenters. The first-order valence-electron chi connectivity index (χ1n) is 6.94. The first-order chi connectivity index (χ1) is 10.5. The normalized spacial score (nSPS) is 19.3. The van der Waals surface area contributed by atoms with Gasteiger partial charge in [-0.25, -0.2) is 17.6 Å². The second-order valence-corrected chi connectivity index (χ2v) is 5.09. The highest BCUT2D eigenvalue weighted by molar-refractivity contribution is 5.46. The van der Waals surface area contributed by atoms with Crippen molar-refractivity contribution in [1.82, 2.24) is 0 Å². The van der Waals surface area contributed by atoms with Crippen molar-refractivity contribution in [1.29, 1.82) is 0 Å². The molecule has 2 unspecified atom stereocenters. The maximum Gasteiger partial charge on any atom is 0.242 e. The molecule has 0 aromatic heterocycles. The maximum atomic E-state index is 13.1. The summed E-state index contributed by atoms with van der Waals surface area (Å²) >= 11 is 0. The summed E-state index contributed by atoms with van der Waals surface area (Å²) in [5, 5.41) is 0. The molecule has 0 radical (unpaired) electrons. The predicted molar refractivity (Wildman–Crippen MR) is 79.7 cm³/mol. The molecule has 1 aliphatic carbocycles. The van der Waals surface area contributed by atoms with Gasteiger partial charge in [0.05, 0.1) is 0 Å². The summed E-state index contributed by atoms with van der Waals surface area (Å²) in [6, 6.07) is 12.7. The number of rotatable bonds is 3. The molecule has 0 nitrogen and oxygen atoms in total. The molecule has 3 rings (SSSR count). The standard InChI is InChI=1S/C10H9F3.C8H7F/c11-9-4-2-1-3-6(9)7-5-8(7)10(12)13;1-2-7-5-3-4-6-8(7)9/h1-4,7-8,10H,5H2;2-6H,1H2. The second kappa shape index (κ2) is 7.25. The quantitative estimate of drug-likeness (QED) is 0.641. The van der Waals surface area contributed by atoms with Crippen LogP contribution in [0.25, 0.3) is 6.08 Å². The molecule has 1 saturated carbocycles. The molecule has 4 heteroatoms. The monoisotopic (exact) mass is 308 g/mol. The molecular weight excluding hydrogens is 292 g/mol. The zero-order valence-corrected chi connectivity index (χ0v) is 11.9. The van der Waals surface area contributed by atoms with Crippen LogP contribution in [0.4, 0.5) is 17.6 Å². The lowest BCUT2D eigenvalue weighted by Gasteiger charge is -2.00. The summed E-state index contributed by atoms with van der Waals surface area (Å²) in [6.07, 6.45) is -0.405. The van der Waals surface area contributed by atoms with Gasteiger partial charge >= 0.3 is 0 Å². The number of alkyl halides is 2. The van der Waals surface area contributed by atoms with Crippen LogP contribution in [0, 0.1) is 17.6 Å². The summed E-state index contributed by atoms with van der Waals surface area (Å²) in [5.74, 6) is -1.47. The van der Waals surface area contributed by atoms with Gasteiger partial charge in [-0.2, -0.15) is 0 Å². The molecule has 0 amide bonds. The molecule has 1 fully saturated rings. The van der Waals surface area contributed by atoms with Crippen LogP contribution in [0.5, 0.6) is 0 Å². The van der Waals surface area contributed by atoms with Crippen molar-refractivity contribution < 1.29 is 17.6 Å². The van der Waals surface area contributed by atoms with Gasteiger partial charge < -0.3 is 0 Å². The summed E-state index contributed by atoms with van der Waals surface area (Å²) < 4.78 is 49.9. The molecule has 22 heavy (non-hydrogen) atoms. The first kappa shape index (κ1) is 16.3. The van der Waals surface area contributed by atoms with Crippen LogP contribution in [0.1, 0.15) is 23.5 Å². The molecule has 0 saturated heterocycles. The Hall–Kier alpha value is -2.10. The fourth-order valence-corrected chi connectivity index (χ4v) is 2.27. The Morgan fingerprint density at radius 3 is 2.00 bits per heavy atom. The molecule has 2 aromatic rings. The minimum absolute atomic E-state index is 0.215. The largest absolute Gasteiger partial charge is 0.242 e. The maximum absolute atomic E-state index is 13.1. The zero-order chi connectivity index (χ0) is 16.1. The molecule has 116 valence electrons. The van der Waals surface area contributed by atoms with Crippen LogP contribution in [-0.2, 0) is 0 Å². The SMILES string of the molecule is C=Cc1ccccc1F.Fc1ccccc1C1CC1C(F)F. The first-order valence-corrected chi connectivity index (χ1v) is 6.94. The van der Waals surface area contributed by atoms with Gasteiger partial charge in [0, 0.05) is 11.5 Å². The van der Waals surface area contributed by atoms with E-state index in [1.54, 1.807) is 36.4 Å². The van der Waals surface area contributed by atoms with Gasteiger partial charge in [0.1, 0.15) is 11.6 Å². The Kier molecular flexibility index (Phi) is 5.36. The summed E-state index contributed by atoms with van der Waals surface area (Å²) in [5.41, 5.74) is 0.991. The summed E-state index contributed by atoms with van der Waals surface area (Å²) in [6.45, 7) is 3.45. The molecule has 0 bridgehead atoms. The van der Waals surface area contributed by atoms with E-state index in [-0.39, 0.29) is 17.6 Å². The molecular formula is C18H16F4. The average molecular weight is 308 g/mol. The Bertz CT molecular complexity index is 636. The van der Waals surface area contributed by atoms with Crippen LogP contribution in [0.15, 0.2) is 55.1 Å². The highest BCUT2D eigenvalue weighted by atomic mass is 19.3. The van der Waals surface area contributed by atoms with Gasteiger partial charge in [-0.3, -0.25) is 0 Å². The van der Waals surface area contributed by atoms with Crippen LogP contribution in [0.3, 0.4) is 0 Å². The third kappa shape index (κ3) is 3.97. The van der Waals surface area contributed by atoms with Gasteiger partial charge in [0.25, 0.3) is 0 Å². The Morgan fingerprint density at radius 2 is 1.55 bits per heavy atom.